The number of aryl methyl sites for hydroxylation is 1. The lowest BCUT2D eigenvalue weighted by molar-refractivity contribution is -0.127. The summed E-state index contributed by atoms with van der Waals surface area (Å²) in [7, 11) is 0. The lowest BCUT2D eigenvalue weighted by Gasteiger charge is -2.20. The SMILES string of the molecule is CCC(C)[C@H](N)C(=O)N[C@@H](C)C(=O)Nc1cc(C)on1. The Hall–Kier alpha value is -1.89. The summed E-state index contributed by atoms with van der Waals surface area (Å²) in [6.45, 7) is 7.16. The highest BCUT2D eigenvalue weighted by molar-refractivity contribution is 5.96. The normalized spacial score (nSPS) is 15.2. The number of hydrogen-bond donors (Lipinski definition) is 3. The minimum absolute atomic E-state index is 0.0588. The topological polar surface area (TPSA) is 110 Å². The fourth-order valence-electron chi connectivity index (χ4n) is 1.55. The van der Waals surface area contributed by atoms with E-state index in [0.29, 0.717) is 11.6 Å². The lowest BCUT2D eigenvalue weighted by Crippen LogP contribution is -2.50. The van der Waals surface area contributed by atoms with Crippen molar-refractivity contribution in [2.45, 2.75) is 46.2 Å². The van der Waals surface area contributed by atoms with Crippen LogP contribution in [0.3, 0.4) is 0 Å². The monoisotopic (exact) mass is 282 g/mol. The molecule has 0 spiro atoms. The molecule has 0 fully saturated rings. The highest BCUT2D eigenvalue weighted by Gasteiger charge is 2.23. The number of aromatic nitrogens is 1. The van der Waals surface area contributed by atoms with Crippen molar-refractivity contribution < 1.29 is 14.1 Å². The second kappa shape index (κ2) is 7.04. The fraction of sp³-hybridized carbons (Fsp3) is 0.615. The Labute approximate surface area is 118 Å². The smallest absolute Gasteiger partial charge is 0.247 e. The summed E-state index contributed by atoms with van der Waals surface area (Å²) in [5.74, 6) is 0.264. The molecule has 3 atom stereocenters. The Morgan fingerprint density at radius 1 is 1.40 bits per heavy atom. The minimum Gasteiger partial charge on any atom is -0.360 e. The first-order valence-corrected chi connectivity index (χ1v) is 6.65. The standard InChI is InChI=1S/C13H22N4O3/c1-5-7(2)11(14)13(19)15-9(4)12(18)16-10-6-8(3)20-17-10/h6-7,9,11H,5,14H2,1-4H3,(H,15,19)(H,16,17,18)/t7?,9-,11-/m0/s1. The summed E-state index contributed by atoms with van der Waals surface area (Å²) in [5, 5.41) is 8.79. The molecule has 0 bridgehead atoms. The molecule has 2 amide bonds. The molecule has 1 unspecified atom stereocenters. The Morgan fingerprint density at radius 3 is 2.55 bits per heavy atom. The third-order valence-corrected chi connectivity index (χ3v) is 3.19. The van der Waals surface area contributed by atoms with Gasteiger partial charge in [-0.15, -0.1) is 0 Å². The number of nitrogens with two attached hydrogens (primary N) is 1. The average Bonchev–Trinajstić information content (AvgIpc) is 2.81. The van der Waals surface area contributed by atoms with Crippen LogP contribution < -0.4 is 16.4 Å². The van der Waals surface area contributed by atoms with Crippen LogP contribution in [-0.2, 0) is 9.59 Å². The predicted octanol–water partition coefficient (Wildman–Crippen LogP) is 0.800. The first kappa shape index (κ1) is 16.2. The summed E-state index contributed by atoms with van der Waals surface area (Å²) < 4.78 is 4.84. The average molecular weight is 282 g/mol. The molecular formula is C13H22N4O3. The Morgan fingerprint density at radius 2 is 2.05 bits per heavy atom. The van der Waals surface area contributed by atoms with Crippen LogP contribution in [0.2, 0.25) is 0 Å². The van der Waals surface area contributed by atoms with Gasteiger partial charge in [0.2, 0.25) is 11.8 Å². The van der Waals surface area contributed by atoms with Crippen molar-refractivity contribution in [2.24, 2.45) is 11.7 Å². The van der Waals surface area contributed by atoms with Gasteiger partial charge < -0.3 is 20.9 Å². The van der Waals surface area contributed by atoms with Crippen molar-refractivity contribution in [1.29, 1.82) is 0 Å². The zero-order valence-electron chi connectivity index (χ0n) is 12.3. The van der Waals surface area contributed by atoms with E-state index in [-0.39, 0.29) is 17.7 Å². The van der Waals surface area contributed by atoms with E-state index in [0.717, 1.165) is 6.42 Å². The van der Waals surface area contributed by atoms with Gasteiger partial charge in [0.05, 0.1) is 6.04 Å². The molecule has 0 aliphatic carbocycles. The molecule has 7 nitrogen and oxygen atoms in total. The van der Waals surface area contributed by atoms with E-state index < -0.39 is 12.1 Å². The molecule has 0 aliphatic rings. The highest BCUT2D eigenvalue weighted by atomic mass is 16.5. The number of carbonyl (C=O) groups excluding carboxylic acids is 2. The zero-order valence-corrected chi connectivity index (χ0v) is 12.3. The molecule has 1 rings (SSSR count). The molecule has 1 aromatic heterocycles. The van der Waals surface area contributed by atoms with E-state index in [1.807, 2.05) is 13.8 Å². The van der Waals surface area contributed by atoms with Crippen LogP contribution >= 0.6 is 0 Å². The number of rotatable bonds is 6. The molecule has 1 aromatic rings. The van der Waals surface area contributed by atoms with Crippen molar-refractivity contribution in [2.75, 3.05) is 5.32 Å². The van der Waals surface area contributed by atoms with Crippen molar-refractivity contribution >= 4 is 17.6 Å². The van der Waals surface area contributed by atoms with Crippen molar-refractivity contribution in [3.63, 3.8) is 0 Å². The van der Waals surface area contributed by atoms with Crippen LogP contribution in [0.1, 0.15) is 33.0 Å². The van der Waals surface area contributed by atoms with E-state index >= 15 is 0 Å². The lowest BCUT2D eigenvalue weighted by atomic mass is 9.99. The first-order chi connectivity index (χ1) is 9.35. The van der Waals surface area contributed by atoms with E-state index in [1.54, 1.807) is 19.9 Å². The zero-order chi connectivity index (χ0) is 15.3. The number of anilines is 1. The van der Waals surface area contributed by atoms with E-state index in [2.05, 4.69) is 15.8 Å². The molecule has 0 saturated heterocycles. The van der Waals surface area contributed by atoms with Gasteiger partial charge in [-0.3, -0.25) is 9.59 Å². The van der Waals surface area contributed by atoms with E-state index in [1.165, 1.54) is 0 Å². The summed E-state index contributed by atoms with van der Waals surface area (Å²) >= 11 is 0. The van der Waals surface area contributed by atoms with Crippen LogP contribution in [0.15, 0.2) is 10.6 Å². The maximum atomic E-state index is 11.9. The van der Waals surface area contributed by atoms with Crippen LogP contribution in [-0.4, -0.2) is 29.1 Å². The fourth-order valence-corrected chi connectivity index (χ4v) is 1.55. The molecule has 0 saturated carbocycles. The number of nitrogens with one attached hydrogen (secondary N) is 2. The maximum Gasteiger partial charge on any atom is 0.247 e. The van der Waals surface area contributed by atoms with Crippen LogP contribution in [0.4, 0.5) is 5.82 Å². The summed E-state index contributed by atoms with van der Waals surface area (Å²) in [6.07, 6.45) is 0.799. The van der Waals surface area contributed by atoms with E-state index in [4.69, 9.17) is 10.3 Å². The van der Waals surface area contributed by atoms with Gasteiger partial charge in [-0.2, -0.15) is 0 Å². The Kier molecular flexibility index (Phi) is 5.69. The molecule has 20 heavy (non-hydrogen) atoms. The van der Waals surface area contributed by atoms with Gasteiger partial charge >= 0.3 is 0 Å². The molecule has 0 radical (unpaired) electrons. The quantitative estimate of drug-likeness (QED) is 0.714. The number of carbonyl (C=O) groups is 2. The summed E-state index contributed by atoms with van der Waals surface area (Å²) in [4.78, 5) is 23.7. The number of hydrogen-bond acceptors (Lipinski definition) is 5. The van der Waals surface area contributed by atoms with Crippen molar-refractivity contribution in [1.82, 2.24) is 10.5 Å². The third-order valence-electron chi connectivity index (χ3n) is 3.19. The molecule has 1 heterocycles. The molecule has 4 N–H and O–H groups in total. The Bertz CT molecular complexity index is 472. The van der Waals surface area contributed by atoms with Gasteiger partial charge in [0.1, 0.15) is 11.8 Å². The first-order valence-electron chi connectivity index (χ1n) is 6.65. The van der Waals surface area contributed by atoms with Crippen molar-refractivity contribution in [3.05, 3.63) is 11.8 Å². The second-order valence-corrected chi connectivity index (χ2v) is 4.95. The number of amides is 2. The minimum atomic E-state index is -0.699. The van der Waals surface area contributed by atoms with Gasteiger partial charge in [0.15, 0.2) is 5.82 Å². The van der Waals surface area contributed by atoms with Crippen molar-refractivity contribution in [3.8, 4) is 0 Å². The molecule has 7 heteroatoms. The Balaban J connectivity index is 2.51. The molecule has 0 aromatic carbocycles. The largest absolute Gasteiger partial charge is 0.360 e. The second-order valence-electron chi connectivity index (χ2n) is 4.95. The maximum absolute atomic E-state index is 11.9. The highest BCUT2D eigenvalue weighted by Crippen LogP contribution is 2.08. The van der Waals surface area contributed by atoms with Gasteiger partial charge in [0.25, 0.3) is 0 Å². The van der Waals surface area contributed by atoms with Gasteiger partial charge in [-0.1, -0.05) is 25.4 Å². The van der Waals surface area contributed by atoms with Crippen LogP contribution in [0.5, 0.6) is 0 Å². The third kappa shape index (κ3) is 4.34. The molecule has 112 valence electrons. The van der Waals surface area contributed by atoms with E-state index in [9.17, 15) is 9.59 Å². The summed E-state index contributed by atoms with van der Waals surface area (Å²) in [6, 6.07) is 0.274. The number of nitrogens with zero attached hydrogens (tertiary/aromatic N) is 1. The molecule has 0 aliphatic heterocycles. The summed E-state index contributed by atoms with van der Waals surface area (Å²) in [5.41, 5.74) is 5.80. The van der Waals surface area contributed by atoms with Crippen LogP contribution in [0.25, 0.3) is 0 Å². The van der Waals surface area contributed by atoms with Crippen LogP contribution in [0, 0.1) is 12.8 Å². The van der Waals surface area contributed by atoms with Gasteiger partial charge in [0, 0.05) is 6.07 Å². The van der Waals surface area contributed by atoms with Gasteiger partial charge in [-0.05, 0) is 19.8 Å². The molecular weight excluding hydrogens is 260 g/mol. The van der Waals surface area contributed by atoms with Gasteiger partial charge in [-0.25, -0.2) is 0 Å². The predicted molar refractivity (Wildman–Crippen MR) is 74.9 cm³/mol.